The van der Waals surface area contributed by atoms with Gasteiger partial charge in [-0.3, -0.25) is 19.3 Å². The Bertz CT molecular complexity index is 725. The zero-order valence-electron chi connectivity index (χ0n) is 14.9. The second-order valence-corrected chi connectivity index (χ2v) is 6.74. The number of carbonyl (C=O) groups excluding carboxylic acids is 4. The lowest BCUT2D eigenvalue weighted by atomic mass is 10.0. The molecule has 3 rings (SSSR count). The number of piperidine rings is 1. The molecular weight excluding hydrogens is 336 g/mol. The number of imide groups is 1. The van der Waals surface area contributed by atoms with Gasteiger partial charge in [-0.2, -0.15) is 0 Å². The molecule has 1 fully saturated rings. The predicted octanol–water partition coefficient (Wildman–Crippen LogP) is 1.62. The minimum atomic E-state index is -1.09. The van der Waals surface area contributed by atoms with E-state index in [-0.39, 0.29) is 29.7 Å². The maximum absolute atomic E-state index is 12.4. The molecule has 1 aromatic carbocycles. The molecule has 1 aromatic rings. The van der Waals surface area contributed by atoms with Crippen LogP contribution in [0.5, 0.6) is 0 Å². The first-order chi connectivity index (χ1) is 12.4. The van der Waals surface area contributed by atoms with Crippen molar-refractivity contribution in [3.8, 4) is 0 Å². The van der Waals surface area contributed by atoms with Gasteiger partial charge in [0.15, 0.2) is 6.61 Å². The average molecular weight is 358 g/mol. The number of nitrogens with zero attached hydrogens (tertiary/aromatic N) is 2. The summed E-state index contributed by atoms with van der Waals surface area (Å²) in [5.74, 6) is -2.06. The Labute approximate surface area is 151 Å². The molecule has 0 saturated carbocycles. The minimum absolute atomic E-state index is 0.128. The molecule has 0 spiro atoms. The van der Waals surface area contributed by atoms with Crippen LogP contribution >= 0.6 is 0 Å². The number of hydrogen-bond donors (Lipinski definition) is 0. The van der Waals surface area contributed by atoms with E-state index in [4.69, 9.17) is 4.74 Å². The summed E-state index contributed by atoms with van der Waals surface area (Å²) in [6.45, 7) is 3.68. The highest BCUT2D eigenvalue weighted by molar-refractivity contribution is 6.22. The van der Waals surface area contributed by atoms with Crippen LogP contribution in [0.3, 0.4) is 0 Å². The van der Waals surface area contributed by atoms with Crippen molar-refractivity contribution < 1.29 is 23.9 Å². The Morgan fingerprint density at radius 3 is 2.35 bits per heavy atom. The second-order valence-electron chi connectivity index (χ2n) is 6.74. The van der Waals surface area contributed by atoms with Gasteiger partial charge < -0.3 is 9.64 Å². The van der Waals surface area contributed by atoms with Gasteiger partial charge in [-0.1, -0.05) is 12.1 Å². The number of hydrogen-bond acceptors (Lipinski definition) is 5. The Hall–Kier alpha value is -2.70. The summed E-state index contributed by atoms with van der Waals surface area (Å²) in [7, 11) is 0. The van der Waals surface area contributed by atoms with Crippen molar-refractivity contribution in [2.24, 2.45) is 0 Å². The van der Waals surface area contributed by atoms with Gasteiger partial charge in [-0.25, -0.2) is 4.79 Å². The standard InChI is InChI=1S/C19H22N2O5/c1-12-7-5-6-10-20(12)16(22)11-26-19(25)13(2)21-17(23)14-8-3-4-9-15(14)18(21)24/h3-4,8-9,12-13H,5-7,10-11H2,1-2H3/t12-,13+/m0/s1. The first kappa shape index (κ1) is 18.1. The topological polar surface area (TPSA) is 84.0 Å². The van der Waals surface area contributed by atoms with Crippen LogP contribution in [-0.4, -0.2) is 58.7 Å². The van der Waals surface area contributed by atoms with Crippen molar-refractivity contribution in [1.82, 2.24) is 9.80 Å². The summed E-state index contributed by atoms with van der Waals surface area (Å²) in [4.78, 5) is 52.0. The average Bonchev–Trinajstić information content (AvgIpc) is 2.90. The fourth-order valence-corrected chi connectivity index (χ4v) is 3.47. The number of benzene rings is 1. The van der Waals surface area contributed by atoms with E-state index < -0.39 is 23.8 Å². The quantitative estimate of drug-likeness (QED) is 0.603. The fraction of sp³-hybridized carbons (Fsp3) is 0.474. The fourth-order valence-electron chi connectivity index (χ4n) is 3.47. The maximum Gasteiger partial charge on any atom is 0.329 e. The summed E-state index contributed by atoms with van der Waals surface area (Å²) in [5, 5.41) is 0. The van der Waals surface area contributed by atoms with Crippen molar-refractivity contribution >= 4 is 23.7 Å². The Morgan fingerprint density at radius 2 is 1.77 bits per heavy atom. The summed E-state index contributed by atoms with van der Waals surface area (Å²) < 4.78 is 5.10. The van der Waals surface area contributed by atoms with E-state index in [0.29, 0.717) is 6.54 Å². The van der Waals surface area contributed by atoms with Gasteiger partial charge in [0.25, 0.3) is 17.7 Å². The molecular formula is C19H22N2O5. The van der Waals surface area contributed by atoms with Crippen LogP contribution in [0.25, 0.3) is 0 Å². The van der Waals surface area contributed by atoms with E-state index in [1.54, 1.807) is 29.2 Å². The Balaban J connectivity index is 1.61. The van der Waals surface area contributed by atoms with Crippen molar-refractivity contribution in [2.45, 2.75) is 45.2 Å². The maximum atomic E-state index is 12.4. The van der Waals surface area contributed by atoms with E-state index in [1.165, 1.54) is 6.92 Å². The highest BCUT2D eigenvalue weighted by Crippen LogP contribution is 2.25. The highest BCUT2D eigenvalue weighted by Gasteiger charge is 2.41. The molecule has 7 heteroatoms. The van der Waals surface area contributed by atoms with Gasteiger partial charge in [-0.15, -0.1) is 0 Å². The predicted molar refractivity (Wildman–Crippen MR) is 92.4 cm³/mol. The second kappa shape index (κ2) is 7.27. The number of likely N-dealkylation sites (tertiary alicyclic amines) is 1. The van der Waals surface area contributed by atoms with E-state index in [9.17, 15) is 19.2 Å². The van der Waals surface area contributed by atoms with Crippen LogP contribution < -0.4 is 0 Å². The number of rotatable bonds is 4. The number of ether oxygens (including phenoxy) is 1. The summed E-state index contributed by atoms with van der Waals surface area (Å²) >= 11 is 0. The monoisotopic (exact) mass is 358 g/mol. The van der Waals surface area contributed by atoms with Gasteiger partial charge in [0.05, 0.1) is 11.1 Å². The smallest absolute Gasteiger partial charge is 0.329 e. The van der Waals surface area contributed by atoms with Crippen molar-refractivity contribution in [3.05, 3.63) is 35.4 Å². The third-order valence-electron chi connectivity index (χ3n) is 5.02. The Morgan fingerprint density at radius 1 is 1.15 bits per heavy atom. The molecule has 2 heterocycles. The number of fused-ring (bicyclic) bond motifs is 1. The van der Waals surface area contributed by atoms with Crippen molar-refractivity contribution in [1.29, 1.82) is 0 Å². The molecule has 2 aliphatic rings. The summed E-state index contributed by atoms with van der Waals surface area (Å²) in [6, 6.07) is 5.46. The first-order valence-electron chi connectivity index (χ1n) is 8.85. The molecule has 2 aliphatic heterocycles. The van der Waals surface area contributed by atoms with E-state index in [1.807, 2.05) is 6.92 Å². The first-order valence-corrected chi connectivity index (χ1v) is 8.85. The van der Waals surface area contributed by atoms with Crippen molar-refractivity contribution in [3.63, 3.8) is 0 Å². The SMILES string of the molecule is C[C@H](C(=O)OCC(=O)N1CCCC[C@@H]1C)N1C(=O)c2ccccc2C1=O. The van der Waals surface area contributed by atoms with Crippen LogP contribution in [-0.2, 0) is 14.3 Å². The molecule has 0 N–H and O–H groups in total. The van der Waals surface area contributed by atoms with Gasteiger partial charge in [0.1, 0.15) is 6.04 Å². The number of amides is 3. The van der Waals surface area contributed by atoms with Crippen LogP contribution in [0.1, 0.15) is 53.8 Å². The van der Waals surface area contributed by atoms with E-state index in [0.717, 1.165) is 24.2 Å². The molecule has 0 aromatic heterocycles. The van der Waals surface area contributed by atoms with Gasteiger partial charge >= 0.3 is 5.97 Å². The summed E-state index contributed by atoms with van der Waals surface area (Å²) in [6.07, 6.45) is 2.96. The third kappa shape index (κ3) is 3.21. The van der Waals surface area contributed by atoms with Crippen LogP contribution in [0, 0.1) is 0 Å². The van der Waals surface area contributed by atoms with Crippen LogP contribution in [0.2, 0.25) is 0 Å². The zero-order valence-corrected chi connectivity index (χ0v) is 14.9. The van der Waals surface area contributed by atoms with Gasteiger partial charge in [0, 0.05) is 12.6 Å². The minimum Gasteiger partial charge on any atom is -0.454 e. The molecule has 7 nitrogen and oxygen atoms in total. The molecule has 138 valence electrons. The molecule has 0 radical (unpaired) electrons. The van der Waals surface area contributed by atoms with Crippen LogP contribution in [0.4, 0.5) is 0 Å². The zero-order chi connectivity index (χ0) is 18.8. The lowest BCUT2D eigenvalue weighted by Crippen LogP contribution is -2.46. The van der Waals surface area contributed by atoms with Crippen LogP contribution in [0.15, 0.2) is 24.3 Å². The van der Waals surface area contributed by atoms with E-state index in [2.05, 4.69) is 0 Å². The molecule has 1 saturated heterocycles. The molecule has 0 unspecified atom stereocenters. The molecule has 0 aliphatic carbocycles. The highest BCUT2D eigenvalue weighted by atomic mass is 16.5. The van der Waals surface area contributed by atoms with Gasteiger partial charge in [-0.05, 0) is 45.2 Å². The molecule has 0 bridgehead atoms. The van der Waals surface area contributed by atoms with Gasteiger partial charge in [0.2, 0.25) is 0 Å². The largest absolute Gasteiger partial charge is 0.454 e. The van der Waals surface area contributed by atoms with E-state index >= 15 is 0 Å². The number of esters is 1. The Kier molecular flexibility index (Phi) is 5.06. The lowest BCUT2D eigenvalue weighted by molar-refractivity contribution is -0.156. The third-order valence-corrected chi connectivity index (χ3v) is 5.02. The normalized spacial score (nSPS) is 20.8. The number of carbonyl (C=O) groups is 4. The molecule has 26 heavy (non-hydrogen) atoms. The molecule has 2 atom stereocenters. The summed E-state index contributed by atoms with van der Waals surface area (Å²) in [5.41, 5.74) is 0.547. The lowest BCUT2D eigenvalue weighted by Gasteiger charge is -2.33. The van der Waals surface area contributed by atoms with Crippen molar-refractivity contribution in [2.75, 3.05) is 13.2 Å². The molecule has 3 amide bonds.